The predicted molar refractivity (Wildman–Crippen MR) is 160 cm³/mol. The Morgan fingerprint density at radius 2 is 1.37 bits per heavy atom. The molecule has 8 rings (SSSR count). The highest BCUT2D eigenvalue weighted by Gasteiger charge is 2.19. The highest BCUT2D eigenvalue weighted by Crippen LogP contribution is 2.43. The van der Waals surface area contributed by atoms with E-state index in [4.69, 9.17) is 4.98 Å². The van der Waals surface area contributed by atoms with Gasteiger partial charge in [-0.15, -0.1) is 11.3 Å². The largest absolute Gasteiger partial charge is 0.308 e. The summed E-state index contributed by atoms with van der Waals surface area (Å²) in [5.41, 5.74) is 8.81. The Morgan fingerprint density at radius 3 is 2.21 bits per heavy atom. The van der Waals surface area contributed by atoms with Crippen LogP contribution >= 0.6 is 11.3 Å². The fraction of sp³-hybridized carbons (Fsp3) is 0. The number of thiophene rings is 1. The van der Waals surface area contributed by atoms with Gasteiger partial charge in [-0.25, -0.2) is 4.98 Å². The molecular formula is C34H21N3S. The van der Waals surface area contributed by atoms with Crippen LogP contribution in [-0.4, -0.2) is 14.5 Å². The molecule has 0 bridgehead atoms. The van der Waals surface area contributed by atoms with E-state index in [1.807, 2.05) is 29.7 Å². The maximum atomic E-state index is 5.28. The molecule has 0 unspecified atom stereocenters. The minimum Gasteiger partial charge on any atom is -0.308 e. The second kappa shape index (κ2) is 8.37. The molecule has 178 valence electrons. The number of pyridine rings is 2. The first-order valence-electron chi connectivity index (χ1n) is 12.7. The first kappa shape index (κ1) is 21.3. The zero-order valence-electron chi connectivity index (χ0n) is 20.4. The fourth-order valence-electron chi connectivity index (χ4n) is 5.52. The Kier molecular flexibility index (Phi) is 4.69. The molecule has 0 fully saturated rings. The number of hydrogen-bond acceptors (Lipinski definition) is 3. The van der Waals surface area contributed by atoms with Crippen molar-refractivity contribution in [3.63, 3.8) is 0 Å². The monoisotopic (exact) mass is 503 g/mol. The molecule has 0 spiro atoms. The third-order valence-electron chi connectivity index (χ3n) is 7.31. The molecule has 4 aromatic heterocycles. The van der Waals surface area contributed by atoms with Crippen molar-refractivity contribution >= 4 is 53.4 Å². The van der Waals surface area contributed by atoms with Gasteiger partial charge in [0.2, 0.25) is 0 Å². The van der Waals surface area contributed by atoms with Gasteiger partial charge in [-0.2, -0.15) is 0 Å². The molecule has 0 N–H and O–H groups in total. The lowest BCUT2D eigenvalue weighted by Crippen LogP contribution is -1.94. The Labute approximate surface area is 223 Å². The highest BCUT2D eigenvalue weighted by atomic mass is 32.1. The van der Waals surface area contributed by atoms with Gasteiger partial charge in [0.15, 0.2) is 0 Å². The Hall–Kier alpha value is -4.80. The van der Waals surface area contributed by atoms with E-state index in [1.54, 1.807) is 6.20 Å². The highest BCUT2D eigenvalue weighted by molar-refractivity contribution is 7.26. The summed E-state index contributed by atoms with van der Waals surface area (Å²) in [6.45, 7) is 0. The lowest BCUT2D eigenvalue weighted by atomic mass is 10.1. The van der Waals surface area contributed by atoms with Gasteiger partial charge in [-0.05, 0) is 53.6 Å². The normalized spacial score (nSPS) is 11.7. The van der Waals surface area contributed by atoms with Gasteiger partial charge in [-0.3, -0.25) is 4.98 Å². The van der Waals surface area contributed by atoms with E-state index < -0.39 is 0 Å². The quantitative estimate of drug-likeness (QED) is 0.240. The lowest BCUT2D eigenvalue weighted by molar-refractivity contribution is 1.18. The molecule has 4 heterocycles. The molecule has 0 aliphatic heterocycles. The van der Waals surface area contributed by atoms with Crippen LogP contribution in [0.15, 0.2) is 128 Å². The van der Waals surface area contributed by atoms with E-state index in [0.717, 1.165) is 39.1 Å². The smallest absolute Gasteiger partial charge is 0.0985 e. The van der Waals surface area contributed by atoms with Crippen LogP contribution in [0.25, 0.3) is 70.2 Å². The minimum absolute atomic E-state index is 0.988. The van der Waals surface area contributed by atoms with Crippen molar-refractivity contribution in [2.24, 2.45) is 0 Å². The molecule has 38 heavy (non-hydrogen) atoms. The summed E-state index contributed by atoms with van der Waals surface area (Å²) in [6.07, 6.45) is 3.71. The van der Waals surface area contributed by atoms with Crippen molar-refractivity contribution < 1.29 is 0 Å². The second-order valence-electron chi connectivity index (χ2n) is 9.49. The summed E-state index contributed by atoms with van der Waals surface area (Å²) < 4.78 is 4.94. The van der Waals surface area contributed by atoms with Crippen LogP contribution in [-0.2, 0) is 0 Å². The SMILES string of the molecule is c1ccc(-c2ccc3c(n2)c2c4sc5ccccc5c4ccc2n3-c2ccc(-c3cccnc3)cc2)cc1. The van der Waals surface area contributed by atoms with Gasteiger partial charge in [0.05, 0.1) is 22.2 Å². The van der Waals surface area contributed by atoms with Crippen molar-refractivity contribution in [3.8, 4) is 28.1 Å². The van der Waals surface area contributed by atoms with E-state index in [9.17, 15) is 0 Å². The number of benzene rings is 4. The van der Waals surface area contributed by atoms with Crippen LogP contribution < -0.4 is 0 Å². The molecular weight excluding hydrogens is 482 g/mol. The Balaban J connectivity index is 1.44. The fourth-order valence-corrected chi connectivity index (χ4v) is 6.77. The van der Waals surface area contributed by atoms with Crippen LogP contribution in [0, 0.1) is 0 Å². The summed E-state index contributed by atoms with van der Waals surface area (Å²) in [6, 6.07) is 40.8. The zero-order chi connectivity index (χ0) is 25.1. The summed E-state index contributed by atoms with van der Waals surface area (Å²) in [5, 5.41) is 3.80. The summed E-state index contributed by atoms with van der Waals surface area (Å²) in [7, 11) is 0. The van der Waals surface area contributed by atoms with Crippen molar-refractivity contribution in [3.05, 3.63) is 128 Å². The first-order chi connectivity index (χ1) is 18.8. The summed E-state index contributed by atoms with van der Waals surface area (Å²) >= 11 is 1.86. The minimum atomic E-state index is 0.988. The van der Waals surface area contributed by atoms with E-state index in [1.165, 1.54) is 31.1 Å². The number of nitrogens with zero attached hydrogens (tertiary/aromatic N) is 3. The van der Waals surface area contributed by atoms with Crippen LogP contribution in [0.2, 0.25) is 0 Å². The molecule has 0 atom stereocenters. The van der Waals surface area contributed by atoms with Gasteiger partial charge < -0.3 is 4.57 Å². The molecule has 0 aliphatic carbocycles. The van der Waals surface area contributed by atoms with Crippen LogP contribution in [0.5, 0.6) is 0 Å². The average Bonchev–Trinajstić information content (AvgIpc) is 3.53. The second-order valence-corrected chi connectivity index (χ2v) is 10.5. The van der Waals surface area contributed by atoms with Crippen molar-refractivity contribution in [2.45, 2.75) is 0 Å². The average molecular weight is 504 g/mol. The third-order valence-corrected chi connectivity index (χ3v) is 8.51. The van der Waals surface area contributed by atoms with E-state index in [0.29, 0.717) is 0 Å². The molecule has 0 radical (unpaired) electrons. The summed E-state index contributed by atoms with van der Waals surface area (Å²) in [5.74, 6) is 0. The van der Waals surface area contributed by atoms with E-state index in [-0.39, 0.29) is 0 Å². The number of fused-ring (bicyclic) bond motifs is 7. The van der Waals surface area contributed by atoms with Crippen molar-refractivity contribution in [1.82, 2.24) is 14.5 Å². The van der Waals surface area contributed by atoms with Gasteiger partial charge >= 0.3 is 0 Å². The molecule has 0 saturated carbocycles. The number of aromatic nitrogens is 3. The molecule has 8 aromatic rings. The maximum absolute atomic E-state index is 5.28. The van der Waals surface area contributed by atoms with Crippen LogP contribution in [0.3, 0.4) is 0 Å². The number of rotatable bonds is 3. The molecule has 3 nitrogen and oxygen atoms in total. The Bertz CT molecular complexity index is 2110. The molecule has 0 saturated heterocycles. The van der Waals surface area contributed by atoms with Crippen LogP contribution in [0.4, 0.5) is 0 Å². The maximum Gasteiger partial charge on any atom is 0.0985 e. The molecule has 4 aromatic carbocycles. The Morgan fingerprint density at radius 1 is 0.579 bits per heavy atom. The van der Waals surface area contributed by atoms with Gasteiger partial charge in [0, 0.05) is 49.2 Å². The predicted octanol–water partition coefficient (Wildman–Crippen LogP) is 9.28. The van der Waals surface area contributed by atoms with E-state index in [2.05, 4.69) is 113 Å². The molecule has 0 amide bonds. The van der Waals surface area contributed by atoms with Gasteiger partial charge in [0.25, 0.3) is 0 Å². The standard InChI is InChI=1S/C34H21N3S/c1-2-7-23(8-3-1)28-17-19-30-33(36-28)32-29(18-16-27-26-10-4-5-11-31(26)38-34(27)32)37(30)25-14-12-22(13-15-25)24-9-6-20-35-21-24/h1-21H. The van der Waals surface area contributed by atoms with E-state index >= 15 is 0 Å². The topological polar surface area (TPSA) is 30.7 Å². The van der Waals surface area contributed by atoms with Gasteiger partial charge in [0.1, 0.15) is 0 Å². The first-order valence-corrected chi connectivity index (χ1v) is 13.5. The van der Waals surface area contributed by atoms with Crippen molar-refractivity contribution in [1.29, 1.82) is 0 Å². The molecule has 0 aliphatic rings. The lowest BCUT2D eigenvalue weighted by Gasteiger charge is -2.09. The van der Waals surface area contributed by atoms with Gasteiger partial charge in [-0.1, -0.05) is 72.8 Å². The zero-order valence-corrected chi connectivity index (χ0v) is 21.2. The number of hydrogen-bond donors (Lipinski definition) is 0. The van der Waals surface area contributed by atoms with Crippen LogP contribution in [0.1, 0.15) is 0 Å². The third kappa shape index (κ3) is 3.21. The molecule has 4 heteroatoms. The summed E-state index contributed by atoms with van der Waals surface area (Å²) in [4.78, 5) is 9.57. The van der Waals surface area contributed by atoms with Crippen molar-refractivity contribution in [2.75, 3.05) is 0 Å².